The van der Waals surface area contributed by atoms with Gasteiger partial charge in [0.1, 0.15) is 0 Å². The Morgan fingerprint density at radius 2 is 2.29 bits per heavy atom. The Balaban J connectivity index is 2.15. The average Bonchev–Trinajstić information content (AvgIpc) is 2.32. The van der Waals surface area contributed by atoms with Crippen LogP contribution in [0, 0.1) is 6.92 Å². The van der Waals surface area contributed by atoms with Crippen LogP contribution in [-0.2, 0) is 0 Å². The molecule has 1 amide bonds. The molecular formula is C13H17BrN2O. The van der Waals surface area contributed by atoms with Gasteiger partial charge >= 0.3 is 0 Å². The number of amides is 1. The summed E-state index contributed by atoms with van der Waals surface area (Å²) in [5.74, 6) is 0.0841. The summed E-state index contributed by atoms with van der Waals surface area (Å²) < 4.78 is 0.977. The molecule has 2 N–H and O–H groups in total. The summed E-state index contributed by atoms with van der Waals surface area (Å²) in [6, 6.07) is 5.85. The first kappa shape index (κ1) is 12.6. The van der Waals surface area contributed by atoms with Gasteiger partial charge in [0, 0.05) is 29.2 Å². The molecule has 0 aromatic heterocycles. The van der Waals surface area contributed by atoms with E-state index >= 15 is 0 Å². The maximum absolute atomic E-state index is 12.3. The van der Waals surface area contributed by atoms with Gasteiger partial charge in [0.15, 0.2) is 0 Å². The van der Waals surface area contributed by atoms with Gasteiger partial charge < -0.3 is 10.6 Å². The highest BCUT2D eigenvalue weighted by atomic mass is 79.9. The Kier molecular flexibility index (Phi) is 3.84. The molecule has 1 aromatic rings. The van der Waals surface area contributed by atoms with Crippen molar-refractivity contribution in [1.82, 2.24) is 4.90 Å². The number of nitrogens with two attached hydrogens (primary N) is 1. The molecule has 1 atom stereocenters. The monoisotopic (exact) mass is 296 g/mol. The Morgan fingerprint density at radius 3 is 2.94 bits per heavy atom. The van der Waals surface area contributed by atoms with E-state index in [9.17, 15) is 4.79 Å². The predicted molar refractivity (Wildman–Crippen MR) is 72.0 cm³/mol. The molecule has 0 radical (unpaired) electrons. The zero-order valence-electron chi connectivity index (χ0n) is 9.95. The Hall–Kier alpha value is -0.870. The van der Waals surface area contributed by atoms with E-state index < -0.39 is 0 Å². The first-order valence-electron chi connectivity index (χ1n) is 5.89. The molecule has 0 aliphatic carbocycles. The summed E-state index contributed by atoms with van der Waals surface area (Å²) in [7, 11) is 0. The Labute approximate surface area is 110 Å². The average molecular weight is 297 g/mol. The minimum Gasteiger partial charge on any atom is -0.337 e. The minimum absolute atomic E-state index is 0.0841. The molecule has 17 heavy (non-hydrogen) atoms. The van der Waals surface area contributed by atoms with Gasteiger partial charge in [-0.1, -0.05) is 22.0 Å². The number of hydrogen-bond donors (Lipinski definition) is 1. The Morgan fingerprint density at radius 1 is 1.53 bits per heavy atom. The smallest absolute Gasteiger partial charge is 0.253 e. The first-order chi connectivity index (χ1) is 8.08. The number of piperidine rings is 1. The third kappa shape index (κ3) is 2.87. The van der Waals surface area contributed by atoms with Crippen LogP contribution in [0.25, 0.3) is 0 Å². The predicted octanol–water partition coefficient (Wildman–Crippen LogP) is 2.32. The lowest BCUT2D eigenvalue weighted by Crippen LogP contribution is -2.45. The molecule has 0 spiro atoms. The molecule has 1 fully saturated rings. The van der Waals surface area contributed by atoms with Gasteiger partial charge in [-0.05, 0) is 37.5 Å². The highest BCUT2D eigenvalue weighted by molar-refractivity contribution is 9.10. The zero-order chi connectivity index (χ0) is 12.4. The molecular weight excluding hydrogens is 280 g/mol. The lowest BCUT2D eigenvalue weighted by Gasteiger charge is -2.30. The number of halogens is 1. The van der Waals surface area contributed by atoms with Crippen LogP contribution >= 0.6 is 15.9 Å². The maximum Gasteiger partial charge on any atom is 0.253 e. The van der Waals surface area contributed by atoms with Gasteiger partial charge in [0.05, 0.1) is 0 Å². The first-order valence-corrected chi connectivity index (χ1v) is 6.68. The third-order valence-electron chi connectivity index (χ3n) is 3.16. The van der Waals surface area contributed by atoms with Crippen LogP contribution in [0.2, 0.25) is 0 Å². The second kappa shape index (κ2) is 5.19. The van der Waals surface area contributed by atoms with Gasteiger partial charge in [0.2, 0.25) is 0 Å². The molecule has 3 nitrogen and oxygen atoms in total. The molecule has 1 aliphatic rings. The van der Waals surface area contributed by atoms with Crippen LogP contribution < -0.4 is 5.73 Å². The Bertz CT molecular complexity index is 433. The summed E-state index contributed by atoms with van der Waals surface area (Å²) in [6.45, 7) is 3.50. The normalized spacial score (nSPS) is 20.4. The van der Waals surface area contributed by atoms with Crippen molar-refractivity contribution in [1.29, 1.82) is 0 Å². The number of likely N-dealkylation sites (tertiary alicyclic amines) is 1. The SMILES string of the molecule is Cc1ccc(C(=O)N2CCCC(N)C2)cc1Br. The highest BCUT2D eigenvalue weighted by Crippen LogP contribution is 2.20. The van der Waals surface area contributed by atoms with Crippen molar-refractivity contribution >= 4 is 21.8 Å². The molecule has 92 valence electrons. The highest BCUT2D eigenvalue weighted by Gasteiger charge is 2.22. The standard InChI is InChI=1S/C13H17BrN2O/c1-9-4-5-10(7-12(9)14)13(17)16-6-2-3-11(15)8-16/h4-5,7,11H,2-3,6,8,15H2,1H3. The van der Waals surface area contributed by atoms with Gasteiger partial charge in [-0.25, -0.2) is 0 Å². The van der Waals surface area contributed by atoms with Crippen molar-refractivity contribution in [3.63, 3.8) is 0 Å². The molecule has 1 aliphatic heterocycles. The van der Waals surface area contributed by atoms with E-state index in [1.807, 2.05) is 30.0 Å². The molecule has 4 heteroatoms. The summed E-state index contributed by atoms with van der Waals surface area (Å²) in [6.07, 6.45) is 2.02. The number of rotatable bonds is 1. The second-order valence-electron chi connectivity index (χ2n) is 4.62. The van der Waals surface area contributed by atoms with Crippen molar-refractivity contribution in [3.05, 3.63) is 33.8 Å². The van der Waals surface area contributed by atoms with Crippen LogP contribution in [0.5, 0.6) is 0 Å². The van der Waals surface area contributed by atoms with E-state index in [0.717, 1.165) is 35.0 Å². The number of carbonyl (C=O) groups is 1. The van der Waals surface area contributed by atoms with E-state index in [1.54, 1.807) is 0 Å². The van der Waals surface area contributed by atoms with Crippen molar-refractivity contribution in [2.45, 2.75) is 25.8 Å². The summed E-state index contributed by atoms with van der Waals surface area (Å²) in [4.78, 5) is 14.1. The van der Waals surface area contributed by atoms with Crippen molar-refractivity contribution in [2.75, 3.05) is 13.1 Å². The minimum atomic E-state index is 0.0841. The van der Waals surface area contributed by atoms with Gasteiger partial charge in [-0.3, -0.25) is 4.79 Å². The summed E-state index contributed by atoms with van der Waals surface area (Å²) in [5, 5.41) is 0. The number of benzene rings is 1. The lowest BCUT2D eigenvalue weighted by atomic mass is 10.0. The summed E-state index contributed by atoms with van der Waals surface area (Å²) in [5.41, 5.74) is 7.76. The number of hydrogen-bond acceptors (Lipinski definition) is 2. The van der Waals surface area contributed by atoms with E-state index in [2.05, 4.69) is 15.9 Å². The molecule has 1 unspecified atom stereocenters. The maximum atomic E-state index is 12.3. The van der Waals surface area contributed by atoms with Crippen molar-refractivity contribution in [2.24, 2.45) is 5.73 Å². The van der Waals surface area contributed by atoms with Gasteiger partial charge in [0.25, 0.3) is 5.91 Å². The van der Waals surface area contributed by atoms with Crippen LogP contribution in [0.3, 0.4) is 0 Å². The van der Waals surface area contributed by atoms with Crippen LogP contribution in [-0.4, -0.2) is 29.9 Å². The molecule has 1 saturated heterocycles. The van der Waals surface area contributed by atoms with E-state index in [0.29, 0.717) is 6.54 Å². The van der Waals surface area contributed by atoms with E-state index in [4.69, 9.17) is 5.73 Å². The fraction of sp³-hybridized carbons (Fsp3) is 0.462. The van der Waals surface area contributed by atoms with E-state index in [-0.39, 0.29) is 11.9 Å². The second-order valence-corrected chi connectivity index (χ2v) is 5.47. The molecule has 1 aromatic carbocycles. The lowest BCUT2D eigenvalue weighted by molar-refractivity contribution is 0.0709. The molecule has 0 bridgehead atoms. The fourth-order valence-electron chi connectivity index (χ4n) is 2.10. The van der Waals surface area contributed by atoms with E-state index in [1.165, 1.54) is 0 Å². The van der Waals surface area contributed by atoms with Crippen molar-refractivity contribution < 1.29 is 4.79 Å². The molecule has 2 rings (SSSR count). The zero-order valence-corrected chi connectivity index (χ0v) is 11.5. The molecule has 0 saturated carbocycles. The number of aryl methyl sites for hydroxylation is 1. The molecule has 1 heterocycles. The van der Waals surface area contributed by atoms with Crippen LogP contribution in [0.4, 0.5) is 0 Å². The largest absolute Gasteiger partial charge is 0.337 e. The fourth-order valence-corrected chi connectivity index (χ4v) is 2.48. The van der Waals surface area contributed by atoms with Gasteiger partial charge in [-0.15, -0.1) is 0 Å². The van der Waals surface area contributed by atoms with Gasteiger partial charge in [-0.2, -0.15) is 0 Å². The van der Waals surface area contributed by atoms with Crippen LogP contribution in [0.1, 0.15) is 28.8 Å². The summed E-state index contributed by atoms with van der Waals surface area (Å²) >= 11 is 3.45. The number of carbonyl (C=O) groups excluding carboxylic acids is 1. The van der Waals surface area contributed by atoms with Crippen molar-refractivity contribution in [3.8, 4) is 0 Å². The van der Waals surface area contributed by atoms with Crippen LogP contribution in [0.15, 0.2) is 22.7 Å². The topological polar surface area (TPSA) is 46.3 Å². The quantitative estimate of drug-likeness (QED) is 0.864. The number of nitrogens with zero attached hydrogens (tertiary/aromatic N) is 1. The third-order valence-corrected chi connectivity index (χ3v) is 4.02.